The molecule has 0 unspecified atom stereocenters. The first-order valence-corrected chi connectivity index (χ1v) is 6.88. The molecular weight excluding hydrogens is 246 g/mol. The normalized spacial score (nSPS) is 10.7. The summed E-state index contributed by atoms with van der Waals surface area (Å²) in [6, 6.07) is 1.80. The molecule has 1 heterocycles. The standard InChI is InChI=1S/C14H19NO2S/c1-4-8-14(2,3)15-13(17)12-11(6-5-9-16)7-10-18-12/h7,10,16H,4,8-9H2,1-3H3,(H,15,17). The number of carbonyl (C=O) groups excluding carboxylic acids is 1. The Morgan fingerprint density at radius 3 is 2.89 bits per heavy atom. The Morgan fingerprint density at radius 1 is 1.56 bits per heavy atom. The summed E-state index contributed by atoms with van der Waals surface area (Å²) in [5, 5.41) is 13.5. The van der Waals surface area contributed by atoms with Gasteiger partial charge in [-0.15, -0.1) is 11.3 Å². The number of amides is 1. The van der Waals surface area contributed by atoms with Crippen molar-refractivity contribution in [3.05, 3.63) is 21.9 Å². The Kier molecular flexibility index (Phi) is 5.39. The molecule has 18 heavy (non-hydrogen) atoms. The summed E-state index contributed by atoms with van der Waals surface area (Å²) in [5.74, 6) is 5.27. The molecule has 0 aliphatic carbocycles. The van der Waals surface area contributed by atoms with E-state index < -0.39 is 0 Å². The lowest BCUT2D eigenvalue weighted by Gasteiger charge is -2.25. The molecule has 1 rings (SSSR count). The zero-order valence-electron chi connectivity index (χ0n) is 11.0. The summed E-state index contributed by atoms with van der Waals surface area (Å²) in [5.41, 5.74) is 0.469. The van der Waals surface area contributed by atoms with Crippen LogP contribution < -0.4 is 5.32 Å². The minimum Gasteiger partial charge on any atom is -0.384 e. The van der Waals surface area contributed by atoms with Crippen molar-refractivity contribution in [1.82, 2.24) is 5.32 Å². The van der Waals surface area contributed by atoms with Crippen molar-refractivity contribution < 1.29 is 9.90 Å². The first-order chi connectivity index (χ1) is 8.50. The molecule has 98 valence electrons. The van der Waals surface area contributed by atoms with Gasteiger partial charge in [-0.3, -0.25) is 4.79 Å². The van der Waals surface area contributed by atoms with Gasteiger partial charge in [-0.1, -0.05) is 25.2 Å². The highest BCUT2D eigenvalue weighted by Gasteiger charge is 2.22. The Labute approximate surface area is 112 Å². The van der Waals surface area contributed by atoms with Gasteiger partial charge in [-0.25, -0.2) is 0 Å². The molecule has 0 saturated carbocycles. The third-order valence-electron chi connectivity index (χ3n) is 2.50. The van der Waals surface area contributed by atoms with Crippen LogP contribution in [0.1, 0.15) is 48.8 Å². The highest BCUT2D eigenvalue weighted by Crippen LogP contribution is 2.18. The second kappa shape index (κ2) is 6.58. The summed E-state index contributed by atoms with van der Waals surface area (Å²) in [7, 11) is 0. The third kappa shape index (κ3) is 4.17. The average Bonchev–Trinajstić information content (AvgIpc) is 2.73. The van der Waals surface area contributed by atoms with Crippen LogP contribution in [0.5, 0.6) is 0 Å². The molecule has 0 aliphatic heterocycles. The Hall–Kier alpha value is -1.31. The van der Waals surface area contributed by atoms with E-state index in [1.165, 1.54) is 11.3 Å². The van der Waals surface area contributed by atoms with Gasteiger partial charge < -0.3 is 10.4 Å². The van der Waals surface area contributed by atoms with Crippen LogP contribution in [0, 0.1) is 11.8 Å². The van der Waals surface area contributed by atoms with E-state index in [4.69, 9.17) is 5.11 Å². The van der Waals surface area contributed by atoms with Crippen LogP contribution in [0.4, 0.5) is 0 Å². The monoisotopic (exact) mass is 265 g/mol. The lowest BCUT2D eigenvalue weighted by atomic mass is 9.99. The minimum absolute atomic E-state index is 0.0920. The van der Waals surface area contributed by atoms with Crippen molar-refractivity contribution in [2.75, 3.05) is 6.61 Å². The number of carbonyl (C=O) groups is 1. The van der Waals surface area contributed by atoms with E-state index in [1.807, 2.05) is 19.2 Å². The Morgan fingerprint density at radius 2 is 2.28 bits per heavy atom. The van der Waals surface area contributed by atoms with Gasteiger partial charge in [0.05, 0.1) is 0 Å². The van der Waals surface area contributed by atoms with Gasteiger partial charge in [-0.05, 0) is 31.7 Å². The van der Waals surface area contributed by atoms with Gasteiger partial charge in [-0.2, -0.15) is 0 Å². The summed E-state index contributed by atoms with van der Waals surface area (Å²) >= 11 is 1.37. The van der Waals surface area contributed by atoms with E-state index in [2.05, 4.69) is 24.1 Å². The molecular formula is C14H19NO2S. The van der Waals surface area contributed by atoms with E-state index in [9.17, 15) is 4.79 Å². The molecule has 0 aromatic carbocycles. The molecule has 2 N–H and O–H groups in total. The quantitative estimate of drug-likeness (QED) is 0.821. The van der Waals surface area contributed by atoms with E-state index in [0.29, 0.717) is 10.4 Å². The lowest BCUT2D eigenvalue weighted by molar-refractivity contribution is 0.0913. The summed E-state index contributed by atoms with van der Waals surface area (Å²) < 4.78 is 0. The number of hydrogen-bond acceptors (Lipinski definition) is 3. The number of nitrogens with one attached hydrogen (secondary N) is 1. The van der Waals surface area contributed by atoms with Crippen LogP contribution in [0.25, 0.3) is 0 Å². The molecule has 1 amide bonds. The Bertz CT molecular complexity index is 466. The van der Waals surface area contributed by atoms with Crippen molar-refractivity contribution in [3.8, 4) is 11.8 Å². The largest absolute Gasteiger partial charge is 0.384 e. The predicted octanol–water partition coefficient (Wildman–Crippen LogP) is 2.40. The smallest absolute Gasteiger partial charge is 0.263 e. The van der Waals surface area contributed by atoms with Gasteiger partial charge in [0, 0.05) is 11.1 Å². The molecule has 0 saturated heterocycles. The van der Waals surface area contributed by atoms with Crippen LogP contribution >= 0.6 is 11.3 Å². The summed E-state index contributed by atoms with van der Waals surface area (Å²) in [6.07, 6.45) is 1.96. The average molecular weight is 265 g/mol. The fourth-order valence-corrected chi connectivity index (χ4v) is 2.51. The molecule has 0 spiro atoms. The van der Waals surface area contributed by atoms with E-state index in [0.717, 1.165) is 12.8 Å². The number of aliphatic hydroxyl groups is 1. The van der Waals surface area contributed by atoms with Crippen LogP contribution in [0.15, 0.2) is 11.4 Å². The van der Waals surface area contributed by atoms with Gasteiger partial charge in [0.2, 0.25) is 0 Å². The van der Waals surface area contributed by atoms with Crippen LogP contribution in [-0.4, -0.2) is 23.2 Å². The Balaban J connectivity index is 2.82. The maximum Gasteiger partial charge on any atom is 0.263 e. The third-order valence-corrected chi connectivity index (χ3v) is 3.41. The highest BCUT2D eigenvalue weighted by molar-refractivity contribution is 7.12. The molecule has 1 aromatic heterocycles. The maximum absolute atomic E-state index is 12.1. The van der Waals surface area contributed by atoms with Crippen LogP contribution in [0.3, 0.4) is 0 Å². The topological polar surface area (TPSA) is 49.3 Å². The van der Waals surface area contributed by atoms with Gasteiger partial charge in [0.25, 0.3) is 5.91 Å². The first kappa shape index (κ1) is 14.7. The number of hydrogen-bond donors (Lipinski definition) is 2. The molecule has 0 radical (unpaired) electrons. The van der Waals surface area contributed by atoms with Crippen LogP contribution in [0.2, 0.25) is 0 Å². The van der Waals surface area contributed by atoms with Crippen molar-refractivity contribution in [2.24, 2.45) is 0 Å². The van der Waals surface area contributed by atoms with E-state index in [-0.39, 0.29) is 18.1 Å². The molecule has 0 fully saturated rings. The molecule has 4 heteroatoms. The fourth-order valence-electron chi connectivity index (χ4n) is 1.77. The lowest BCUT2D eigenvalue weighted by Crippen LogP contribution is -2.43. The van der Waals surface area contributed by atoms with Crippen molar-refractivity contribution >= 4 is 17.2 Å². The second-order valence-electron chi connectivity index (χ2n) is 4.71. The second-order valence-corrected chi connectivity index (χ2v) is 5.63. The molecule has 3 nitrogen and oxygen atoms in total. The highest BCUT2D eigenvalue weighted by atomic mass is 32.1. The molecule has 0 atom stereocenters. The van der Waals surface area contributed by atoms with Crippen molar-refractivity contribution in [2.45, 2.75) is 39.2 Å². The van der Waals surface area contributed by atoms with Crippen LogP contribution in [-0.2, 0) is 0 Å². The maximum atomic E-state index is 12.1. The number of aliphatic hydroxyl groups excluding tert-OH is 1. The van der Waals surface area contributed by atoms with Crippen molar-refractivity contribution in [3.63, 3.8) is 0 Å². The molecule has 0 bridgehead atoms. The molecule has 0 aliphatic rings. The van der Waals surface area contributed by atoms with E-state index in [1.54, 1.807) is 6.07 Å². The van der Waals surface area contributed by atoms with Gasteiger partial charge in [0.1, 0.15) is 11.5 Å². The number of rotatable bonds is 4. The predicted molar refractivity (Wildman–Crippen MR) is 74.7 cm³/mol. The SMILES string of the molecule is CCCC(C)(C)NC(=O)c1sccc1C#CCO. The summed E-state index contributed by atoms with van der Waals surface area (Å²) in [6.45, 7) is 5.93. The minimum atomic E-state index is -0.211. The fraction of sp³-hybridized carbons (Fsp3) is 0.500. The number of thiophene rings is 1. The van der Waals surface area contributed by atoms with E-state index >= 15 is 0 Å². The first-order valence-electron chi connectivity index (χ1n) is 6.00. The van der Waals surface area contributed by atoms with Gasteiger partial charge >= 0.3 is 0 Å². The van der Waals surface area contributed by atoms with Crippen molar-refractivity contribution in [1.29, 1.82) is 0 Å². The zero-order chi connectivity index (χ0) is 13.6. The molecule has 1 aromatic rings. The van der Waals surface area contributed by atoms with Gasteiger partial charge in [0.15, 0.2) is 0 Å². The zero-order valence-corrected chi connectivity index (χ0v) is 11.9. The summed E-state index contributed by atoms with van der Waals surface area (Å²) in [4.78, 5) is 12.8.